The molecule has 0 N–H and O–H groups in total. The van der Waals surface area contributed by atoms with E-state index in [1.165, 1.54) is 6.07 Å². The van der Waals surface area contributed by atoms with E-state index < -0.39 is 21.6 Å². The molecule has 124 valence electrons. The summed E-state index contributed by atoms with van der Waals surface area (Å²) in [5.41, 5.74) is 1.43. The van der Waals surface area contributed by atoms with Crippen molar-refractivity contribution in [2.24, 2.45) is 0 Å². The lowest BCUT2D eigenvalue weighted by Gasteiger charge is -2.17. The summed E-state index contributed by atoms with van der Waals surface area (Å²) < 4.78 is 39.6. The molecular weight excluding hydrogens is 316 g/mol. The second kappa shape index (κ2) is 8.76. The molecule has 0 unspecified atom stereocenters. The van der Waals surface area contributed by atoms with Gasteiger partial charge in [-0.25, -0.2) is 8.78 Å². The quantitative estimate of drug-likeness (QED) is 0.419. The molecule has 0 aliphatic rings. The van der Waals surface area contributed by atoms with Crippen molar-refractivity contribution in [1.29, 1.82) is 0 Å². The lowest BCUT2D eigenvalue weighted by molar-refractivity contribution is 0.113. The van der Waals surface area contributed by atoms with Gasteiger partial charge in [0.15, 0.2) is 18.4 Å². The third-order valence-electron chi connectivity index (χ3n) is 3.58. The van der Waals surface area contributed by atoms with Crippen LogP contribution in [0.2, 0.25) is 0 Å². The van der Waals surface area contributed by atoms with Crippen molar-refractivity contribution in [1.82, 2.24) is 4.57 Å². The van der Waals surface area contributed by atoms with Gasteiger partial charge in [-0.05, 0) is 48.5 Å². The Morgan fingerprint density at radius 2 is 1.57 bits per heavy atom. The maximum Gasteiger partial charge on any atom is 0.243 e. The summed E-state index contributed by atoms with van der Waals surface area (Å²) in [6.07, 6.45) is 0. The van der Waals surface area contributed by atoms with E-state index in [0.717, 1.165) is 24.7 Å². The summed E-state index contributed by atoms with van der Waals surface area (Å²) >= 11 is 0. The molecule has 6 heteroatoms. The Balaban J connectivity index is 1.88. The van der Waals surface area contributed by atoms with Gasteiger partial charge in [-0.3, -0.25) is 0 Å². The Hall–Kier alpha value is -1.76. The Morgan fingerprint density at radius 3 is 2.17 bits per heavy atom. The normalized spacial score (nSPS) is 11.5. The molecule has 0 radical (unpaired) electrons. The van der Waals surface area contributed by atoms with Crippen LogP contribution < -0.4 is 4.74 Å². The first-order valence-electron chi connectivity index (χ1n) is 7.62. The zero-order valence-corrected chi connectivity index (χ0v) is 14.8. The van der Waals surface area contributed by atoms with E-state index >= 15 is 0 Å². The highest BCUT2D eigenvalue weighted by Gasteiger charge is 2.05. The Kier molecular flexibility index (Phi) is 6.70. The van der Waals surface area contributed by atoms with Gasteiger partial charge in [-0.1, -0.05) is 32.0 Å². The van der Waals surface area contributed by atoms with Crippen LogP contribution in [-0.2, 0) is 4.43 Å². The van der Waals surface area contributed by atoms with Gasteiger partial charge in [-0.15, -0.1) is 0 Å². The van der Waals surface area contributed by atoms with E-state index in [2.05, 4.69) is 18.4 Å². The lowest BCUT2D eigenvalue weighted by Crippen LogP contribution is -2.30. The standard InChI is InChI=1S/C17H21F2NO2Si/c1-3-20(4-2)23-22-12-21-15-8-5-13(6-9-15)14-7-10-16(18)17(19)11-14/h5-11H,3-4,12,23H2,1-2H3. The molecule has 0 aliphatic heterocycles. The molecule has 0 fully saturated rings. The Labute approximate surface area is 137 Å². The zero-order chi connectivity index (χ0) is 16.7. The molecule has 0 amide bonds. The fraction of sp³-hybridized carbons (Fsp3) is 0.294. The molecule has 0 aromatic heterocycles. The van der Waals surface area contributed by atoms with Crippen molar-refractivity contribution in [3.05, 3.63) is 54.1 Å². The topological polar surface area (TPSA) is 21.7 Å². The van der Waals surface area contributed by atoms with E-state index in [9.17, 15) is 8.78 Å². The van der Waals surface area contributed by atoms with Gasteiger partial charge in [0.2, 0.25) is 9.92 Å². The summed E-state index contributed by atoms with van der Waals surface area (Å²) in [5.74, 6) is -1.01. The molecule has 0 saturated carbocycles. The highest BCUT2D eigenvalue weighted by Crippen LogP contribution is 2.24. The molecule has 0 bridgehead atoms. The SMILES string of the molecule is CCN(CC)[SiH2]OCOc1ccc(-c2ccc(F)c(F)c2)cc1. The Bertz CT molecular complexity index is 618. The number of halogens is 2. The number of ether oxygens (including phenoxy) is 1. The minimum absolute atomic E-state index is 0.229. The first-order chi connectivity index (χ1) is 11.1. The number of rotatable bonds is 8. The van der Waals surface area contributed by atoms with Gasteiger partial charge >= 0.3 is 0 Å². The van der Waals surface area contributed by atoms with Crippen molar-refractivity contribution < 1.29 is 17.9 Å². The number of benzene rings is 2. The van der Waals surface area contributed by atoms with Crippen LogP contribution in [-0.4, -0.2) is 34.4 Å². The largest absolute Gasteiger partial charge is 0.469 e. The van der Waals surface area contributed by atoms with Gasteiger partial charge in [0.05, 0.1) is 0 Å². The average Bonchev–Trinajstić information content (AvgIpc) is 2.58. The van der Waals surface area contributed by atoms with Crippen molar-refractivity contribution in [2.75, 3.05) is 19.9 Å². The molecule has 0 spiro atoms. The predicted octanol–water partition coefficient (Wildman–Crippen LogP) is 3.33. The monoisotopic (exact) mass is 337 g/mol. The van der Waals surface area contributed by atoms with Crippen LogP contribution in [0, 0.1) is 11.6 Å². The second-order valence-corrected chi connectivity index (χ2v) is 6.61. The van der Waals surface area contributed by atoms with Crippen molar-refractivity contribution in [3.63, 3.8) is 0 Å². The predicted molar refractivity (Wildman–Crippen MR) is 89.8 cm³/mol. The van der Waals surface area contributed by atoms with Crippen LogP contribution in [0.5, 0.6) is 5.75 Å². The summed E-state index contributed by atoms with van der Waals surface area (Å²) in [7, 11) is -0.718. The van der Waals surface area contributed by atoms with Gasteiger partial charge < -0.3 is 13.7 Å². The van der Waals surface area contributed by atoms with Crippen molar-refractivity contribution >= 4 is 9.92 Å². The summed E-state index contributed by atoms with van der Waals surface area (Å²) in [4.78, 5) is 0. The third-order valence-corrected chi connectivity index (χ3v) is 5.19. The summed E-state index contributed by atoms with van der Waals surface area (Å²) in [6, 6.07) is 11.1. The minimum Gasteiger partial charge on any atom is -0.469 e. The fourth-order valence-electron chi connectivity index (χ4n) is 2.10. The molecule has 0 atom stereocenters. The van der Waals surface area contributed by atoms with E-state index in [4.69, 9.17) is 9.16 Å². The third kappa shape index (κ3) is 5.13. The maximum atomic E-state index is 13.3. The van der Waals surface area contributed by atoms with Gasteiger partial charge in [0.1, 0.15) is 5.75 Å². The smallest absolute Gasteiger partial charge is 0.243 e. The first kappa shape index (κ1) is 17.6. The van der Waals surface area contributed by atoms with Gasteiger partial charge in [0.25, 0.3) is 0 Å². The second-order valence-electron chi connectivity index (χ2n) is 5.05. The first-order valence-corrected chi connectivity index (χ1v) is 8.83. The molecule has 2 aromatic rings. The van der Waals surface area contributed by atoms with Crippen LogP contribution in [0.15, 0.2) is 42.5 Å². The van der Waals surface area contributed by atoms with Crippen molar-refractivity contribution in [3.8, 4) is 16.9 Å². The number of hydrogen-bond acceptors (Lipinski definition) is 3. The van der Waals surface area contributed by atoms with E-state index in [0.29, 0.717) is 11.3 Å². The fourth-order valence-corrected chi connectivity index (χ4v) is 2.88. The molecule has 3 nitrogen and oxygen atoms in total. The van der Waals surface area contributed by atoms with Crippen LogP contribution in [0.25, 0.3) is 11.1 Å². The molecule has 2 rings (SSSR count). The number of nitrogens with zero attached hydrogens (tertiary/aromatic N) is 1. The van der Waals surface area contributed by atoms with Gasteiger partial charge in [-0.2, -0.15) is 0 Å². The van der Waals surface area contributed by atoms with E-state index in [1.54, 1.807) is 18.2 Å². The van der Waals surface area contributed by atoms with Crippen LogP contribution in [0.4, 0.5) is 8.78 Å². The molecule has 23 heavy (non-hydrogen) atoms. The highest BCUT2D eigenvalue weighted by molar-refractivity contribution is 6.23. The molecule has 0 aliphatic carbocycles. The molecule has 0 heterocycles. The Morgan fingerprint density at radius 1 is 0.913 bits per heavy atom. The van der Waals surface area contributed by atoms with Crippen molar-refractivity contribution in [2.45, 2.75) is 13.8 Å². The average molecular weight is 337 g/mol. The minimum atomic E-state index is -0.849. The lowest BCUT2D eigenvalue weighted by atomic mass is 10.1. The zero-order valence-electron chi connectivity index (χ0n) is 13.4. The summed E-state index contributed by atoms with van der Waals surface area (Å²) in [6.45, 7) is 6.43. The maximum absolute atomic E-state index is 13.3. The molecule has 2 aromatic carbocycles. The highest BCUT2D eigenvalue weighted by atomic mass is 28.2. The van der Waals surface area contributed by atoms with Crippen LogP contribution in [0.1, 0.15) is 13.8 Å². The molecule has 0 saturated heterocycles. The van der Waals surface area contributed by atoms with E-state index in [1.807, 2.05) is 12.1 Å². The van der Waals surface area contributed by atoms with E-state index in [-0.39, 0.29) is 6.79 Å². The van der Waals surface area contributed by atoms with Crippen LogP contribution in [0.3, 0.4) is 0 Å². The molecular formula is C17H21F2NO2Si. The van der Waals surface area contributed by atoms with Gasteiger partial charge in [0, 0.05) is 0 Å². The van der Waals surface area contributed by atoms with Crippen LogP contribution >= 0.6 is 0 Å². The summed E-state index contributed by atoms with van der Waals surface area (Å²) in [5, 5.41) is 0. The number of hydrogen-bond donors (Lipinski definition) is 0.